The summed E-state index contributed by atoms with van der Waals surface area (Å²) in [4.78, 5) is 26.8. The van der Waals surface area contributed by atoms with E-state index in [1.807, 2.05) is 49.4 Å². The number of amides is 2. The van der Waals surface area contributed by atoms with E-state index in [1.54, 1.807) is 41.3 Å². The molecule has 0 saturated carbocycles. The number of halogens is 1. The Hall–Kier alpha value is -3.12. The maximum Gasteiger partial charge on any atom is 0.262 e. The molecular formula is C23H21BrN2O3. The summed E-state index contributed by atoms with van der Waals surface area (Å²) in [7, 11) is 0. The highest BCUT2D eigenvalue weighted by Crippen LogP contribution is 2.19. The molecule has 3 aromatic carbocycles. The van der Waals surface area contributed by atoms with Crippen molar-refractivity contribution in [3.8, 4) is 5.75 Å². The molecule has 5 nitrogen and oxygen atoms in total. The number of nitrogens with zero attached hydrogens (tertiary/aromatic N) is 1. The van der Waals surface area contributed by atoms with Gasteiger partial charge in [-0.25, -0.2) is 0 Å². The van der Waals surface area contributed by atoms with Crippen molar-refractivity contribution in [1.29, 1.82) is 0 Å². The lowest BCUT2D eigenvalue weighted by Gasteiger charge is -2.21. The van der Waals surface area contributed by atoms with Gasteiger partial charge in [-0.1, -0.05) is 40.2 Å². The number of hydrogen-bond donors (Lipinski definition) is 1. The first-order chi connectivity index (χ1) is 14.1. The maximum atomic E-state index is 12.9. The number of nitrogens with one attached hydrogen (secondary N) is 1. The van der Waals surface area contributed by atoms with Gasteiger partial charge in [0.05, 0.1) is 0 Å². The van der Waals surface area contributed by atoms with Crippen LogP contribution in [0.4, 0.5) is 11.4 Å². The second-order valence-electron chi connectivity index (χ2n) is 6.26. The number of anilines is 2. The van der Waals surface area contributed by atoms with E-state index >= 15 is 0 Å². The molecular weight excluding hydrogens is 432 g/mol. The summed E-state index contributed by atoms with van der Waals surface area (Å²) in [5.74, 6) is 0.183. The van der Waals surface area contributed by atoms with Crippen molar-refractivity contribution >= 4 is 39.1 Å². The second-order valence-corrected chi connectivity index (χ2v) is 7.17. The Kier molecular flexibility index (Phi) is 7.03. The minimum atomic E-state index is -0.298. The van der Waals surface area contributed by atoms with Gasteiger partial charge in [0, 0.05) is 28.0 Å². The largest absolute Gasteiger partial charge is 0.484 e. The lowest BCUT2D eigenvalue weighted by molar-refractivity contribution is -0.118. The van der Waals surface area contributed by atoms with E-state index in [-0.39, 0.29) is 18.4 Å². The predicted molar refractivity (Wildman–Crippen MR) is 119 cm³/mol. The number of hydrogen-bond acceptors (Lipinski definition) is 3. The highest BCUT2D eigenvalue weighted by atomic mass is 79.9. The van der Waals surface area contributed by atoms with E-state index in [4.69, 9.17) is 4.74 Å². The first-order valence-corrected chi connectivity index (χ1v) is 10.0. The van der Waals surface area contributed by atoms with Crippen LogP contribution in [0.2, 0.25) is 0 Å². The summed E-state index contributed by atoms with van der Waals surface area (Å²) in [5.41, 5.74) is 1.88. The van der Waals surface area contributed by atoms with Crippen LogP contribution in [0, 0.1) is 0 Å². The summed E-state index contributed by atoms with van der Waals surface area (Å²) in [6.07, 6.45) is 0. The quantitative estimate of drug-likeness (QED) is 0.540. The van der Waals surface area contributed by atoms with E-state index in [0.717, 1.165) is 10.2 Å². The van der Waals surface area contributed by atoms with Crippen molar-refractivity contribution in [2.45, 2.75) is 6.92 Å². The third kappa shape index (κ3) is 5.68. The van der Waals surface area contributed by atoms with Crippen LogP contribution >= 0.6 is 15.9 Å². The topological polar surface area (TPSA) is 58.6 Å². The van der Waals surface area contributed by atoms with Gasteiger partial charge in [0.1, 0.15) is 5.75 Å². The molecule has 3 aromatic rings. The molecule has 0 atom stereocenters. The second kappa shape index (κ2) is 9.89. The van der Waals surface area contributed by atoms with Gasteiger partial charge in [-0.2, -0.15) is 0 Å². The molecule has 0 saturated heterocycles. The first-order valence-electron chi connectivity index (χ1n) is 9.22. The molecule has 0 unspecified atom stereocenters. The van der Waals surface area contributed by atoms with Gasteiger partial charge >= 0.3 is 0 Å². The van der Waals surface area contributed by atoms with Gasteiger partial charge in [0.15, 0.2) is 6.61 Å². The van der Waals surface area contributed by atoms with E-state index < -0.39 is 0 Å². The average molecular weight is 453 g/mol. The average Bonchev–Trinajstić information content (AvgIpc) is 2.75. The summed E-state index contributed by atoms with van der Waals surface area (Å²) in [5, 5.41) is 2.77. The van der Waals surface area contributed by atoms with Crippen molar-refractivity contribution in [2.75, 3.05) is 23.4 Å². The lowest BCUT2D eigenvalue weighted by atomic mass is 10.1. The minimum absolute atomic E-state index is 0.120. The fraction of sp³-hybridized carbons (Fsp3) is 0.130. The fourth-order valence-electron chi connectivity index (χ4n) is 2.81. The summed E-state index contributed by atoms with van der Waals surface area (Å²) >= 11 is 3.35. The van der Waals surface area contributed by atoms with Crippen molar-refractivity contribution in [3.63, 3.8) is 0 Å². The van der Waals surface area contributed by atoms with Crippen LogP contribution in [0.15, 0.2) is 83.3 Å². The molecule has 0 heterocycles. The molecule has 0 aliphatic rings. The van der Waals surface area contributed by atoms with Gasteiger partial charge in [0.2, 0.25) is 0 Å². The highest BCUT2D eigenvalue weighted by molar-refractivity contribution is 9.10. The molecule has 2 amide bonds. The smallest absolute Gasteiger partial charge is 0.262 e. The Morgan fingerprint density at radius 1 is 0.966 bits per heavy atom. The van der Waals surface area contributed by atoms with Crippen molar-refractivity contribution in [3.05, 3.63) is 88.9 Å². The van der Waals surface area contributed by atoms with Crippen LogP contribution in [-0.4, -0.2) is 25.0 Å². The number of benzene rings is 3. The zero-order chi connectivity index (χ0) is 20.6. The predicted octanol–water partition coefficient (Wildman–Crippen LogP) is 5.13. The van der Waals surface area contributed by atoms with E-state index in [1.165, 1.54) is 0 Å². The summed E-state index contributed by atoms with van der Waals surface area (Å²) in [6, 6.07) is 23.6. The van der Waals surface area contributed by atoms with E-state index in [2.05, 4.69) is 21.2 Å². The number of carbonyl (C=O) groups is 2. The first kappa shape index (κ1) is 20.6. The van der Waals surface area contributed by atoms with Crippen molar-refractivity contribution in [1.82, 2.24) is 0 Å². The molecule has 0 aliphatic heterocycles. The Bertz CT molecular complexity index is 975. The van der Waals surface area contributed by atoms with Gasteiger partial charge in [-0.15, -0.1) is 0 Å². The zero-order valence-corrected chi connectivity index (χ0v) is 17.6. The van der Waals surface area contributed by atoms with Crippen molar-refractivity contribution < 1.29 is 14.3 Å². The van der Waals surface area contributed by atoms with Crippen LogP contribution in [0.5, 0.6) is 5.75 Å². The Morgan fingerprint density at radius 3 is 2.38 bits per heavy atom. The van der Waals surface area contributed by atoms with Crippen LogP contribution in [0.25, 0.3) is 0 Å². The molecule has 0 radical (unpaired) electrons. The lowest BCUT2D eigenvalue weighted by Crippen LogP contribution is -2.30. The number of carbonyl (C=O) groups excluding carboxylic acids is 2. The maximum absolute atomic E-state index is 12.9. The number of ether oxygens (including phenoxy) is 1. The fourth-order valence-corrected chi connectivity index (χ4v) is 3.08. The van der Waals surface area contributed by atoms with E-state index in [0.29, 0.717) is 23.5 Å². The molecule has 1 N–H and O–H groups in total. The number of para-hydroxylation sites is 1. The Balaban J connectivity index is 1.64. The van der Waals surface area contributed by atoms with Crippen molar-refractivity contribution in [2.24, 2.45) is 0 Å². The monoisotopic (exact) mass is 452 g/mol. The van der Waals surface area contributed by atoms with Gasteiger partial charge in [-0.3, -0.25) is 9.59 Å². The van der Waals surface area contributed by atoms with Crippen LogP contribution < -0.4 is 15.0 Å². The highest BCUT2D eigenvalue weighted by Gasteiger charge is 2.16. The van der Waals surface area contributed by atoms with Crippen LogP contribution in [0.3, 0.4) is 0 Å². The van der Waals surface area contributed by atoms with E-state index in [9.17, 15) is 9.59 Å². The standard InChI is InChI=1S/C23H21BrN2O3/c1-2-26(20-9-4-3-5-10-20)23(28)17-7-6-8-19(15-17)25-22(27)16-29-21-13-11-18(24)12-14-21/h3-15H,2,16H2,1H3,(H,25,27). The third-order valence-corrected chi connectivity index (χ3v) is 4.73. The summed E-state index contributed by atoms with van der Waals surface area (Å²) < 4.78 is 6.42. The number of rotatable bonds is 7. The summed E-state index contributed by atoms with van der Waals surface area (Å²) in [6.45, 7) is 2.35. The molecule has 29 heavy (non-hydrogen) atoms. The van der Waals surface area contributed by atoms with Gasteiger partial charge < -0.3 is 15.0 Å². The van der Waals surface area contributed by atoms with Crippen LogP contribution in [-0.2, 0) is 4.79 Å². The van der Waals surface area contributed by atoms with Crippen LogP contribution in [0.1, 0.15) is 17.3 Å². The minimum Gasteiger partial charge on any atom is -0.484 e. The molecule has 0 bridgehead atoms. The molecule has 0 aliphatic carbocycles. The molecule has 148 valence electrons. The third-order valence-electron chi connectivity index (χ3n) is 4.21. The van der Waals surface area contributed by atoms with Gasteiger partial charge in [-0.05, 0) is 61.5 Å². The SMILES string of the molecule is CCN(C(=O)c1cccc(NC(=O)COc2ccc(Br)cc2)c1)c1ccccc1. The normalized spacial score (nSPS) is 10.3. The van der Waals surface area contributed by atoms with Gasteiger partial charge in [0.25, 0.3) is 11.8 Å². The molecule has 0 aromatic heterocycles. The Labute approximate surface area is 178 Å². The molecule has 3 rings (SSSR count). The molecule has 6 heteroatoms. The Morgan fingerprint density at radius 2 is 1.69 bits per heavy atom. The zero-order valence-electron chi connectivity index (χ0n) is 16.0. The molecule has 0 spiro atoms. The molecule has 0 fully saturated rings.